The van der Waals surface area contributed by atoms with Gasteiger partial charge in [-0.15, -0.1) is 5.10 Å². The molecule has 0 bridgehead atoms. The van der Waals surface area contributed by atoms with Crippen molar-refractivity contribution in [1.29, 1.82) is 0 Å². The molecule has 0 atom stereocenters. The molecule has 1 aliphatic rings. The molecule has 136 valence electrons. The highest BCUT2D eigenvalue weighted by molar-refractivity contribution is 5.95. The highest BCUT2D eigenvalue weighted by Crippen LogP contribution is 2.29. The third-order valence-corrected chi connectivity index (χ3v) is 5.09. The molecule has 0 unspecified atom stereocenters. The topological polar surface area (TPSA) is 81.6 Å². The fourth-order valence-corrected chi connectivity index (χ4v) is 3.85. The van der Waals surface area contributed by atoms with Crippen molar-refractivity contribution in [2.75, 3.05) is 24.3 Å². The molecule has 0 fully saturated rings. The molecule has 0 radical (unpaired) electrons. The zero-order valence-electron chi connectivity index (χ0n) is 15.1. The largest absolute Gasteiger partial charge is 0.494 e. The first-order valence-corrected chi connectivity index (χ1v) is 9.05. The molecule has 7 nitrogen and oxygen atoms in total. The second kappa shape index (κ2) is 6.12. The lowest BCUT2D eigenvalue weighted by molar-refractivity contribution is 0.419. The molecule has 0 saturated carbocycles. The maximum Gasteiger partial charge on any atom is 0.223 e. The monoisotopic (exact) mass is 360 g/mol. The Morgan fingerprint density at radius 1 is 1.11 bits per heavy atom. The number of nitrogens with zero attached hydrogens (tertiary/aromatic N) is 5. The Hall–Kier alpha value is -3.35. The van der Waals surface area contributed by atoms with E-state index in [1.165, 1.54) is 11.3 Å². The highest BCUT2D eigenvalue weighted by Gasteiger charge is 2.20. The number of benzene rings is 2. The molecule has 27 heavy (non-hydrogen) atoms. The summed E-state index contributed by atoms with van der Waals surface area (Å²) in [5.74, 6) is 1.71. The van der Waals surface area contributed by atoms with E-state index in [4.69, 9.17) is 15.5 Å². The van der Waals surface area contributed by atoms with Gasteiger partial charge in [0.05, 0.1) is 13.7 Å². The van der Waals surface area contributed by atoms with E-state index < -0.39 is 0 Å². The molecular weight excluding hydrogens is 340 g/mol. The smallest absolute Gasteiger partial charge is 0.223 e. The van der Waals surface area contributed by atoms with Crippen LogP contribution in [0, 0.1) is 0 Å². The van der Waals surface area contributed by atoms with Crippen molar-refractivity contribution < 1.29 is 4.74 Å². The van der Waals surface area contributed by atoms with Gasteiger partial charge in [-0.2, -0.15) is 4.52 Å². The maximum absolute atomic E-state index is 6.15. The molecule has 0 aliphatic carbocycles. The molecule has 4 aromatic rings. The first kappa shape index (κ1) is 15.9. The standard InChI is InChI=1S/C20H20N6O/c1-27-16-10-4-8-14-18(16)23-20(21)26-19(14)22-17(24-26)12-25-11-5-7-13-6-2-3-9-15(13)25/h2-4,6,8-10H,5,7,11-12H2,1H3,(H2,21,23). The molecule has 2 aromatic carbocycles. The average molecular weight is 360 g/mol. The van der Waals surface area contributed by atoms with Crippen molar-refractivity contribution in [1.82, 2.24) is 19.6 Å². The number of aromatic nitrogens is 4. The number of hydrogen-bond donors (Lipinski definition) is 1. The third-order valence-electron chi connectivity index (χ3n) is 5.09. The van der Waals surface area contributed by atoms with Gasteiger partial charge in [-0.1, -0.05) is 24.3 Å². The van der Waals surface area contributed by atoms with Gasteiger partial charge in [-0.05, 0) is 36.6 Å². The Kier molecular flexibility index (Phi) is 3.60. The van der Waals surface area contributed by atoms with Crippen LogP contribution in [0.4, 0.5) is 11.6 Å². The number of anilines is 2. The van der Waals surface area contributed by atoms with E-state index >= 15 is 0 Å². The van der Waals surface area contributed by atoms with E-state index in [0.29, 0.717) is 29.4 Å². The van der Waals surface area contributed by atoms with Gasteiger partial charge in [0.1, 0.15) is 11.3 Å². The summed E-state index contributed by atoms with van der Waals surface area (Å²) in [6.45, 7) is 1.64. The number of methoxy groups -OCH3 is 1. The Morgan fingerprint density at radius 3 is 2.89 bits per heavy atom. The normalized spacial score (nSPS) is 13.9. The fraction of sp³-hybridized carbons (Fsp3) is 0.250. The number of hydrogen-bond acceptors (Lipinski definition) is 6. The van der Waals surface area contributed by atoms with Crippen LogP contribution in [0.2, 0.25) is 0 Å². The average Bonchev–Trinajstić information content (AvgIpc) is 3.13. The second-order valence-corrected chi connectivity index (χ2v) is 6.74. The summed E-state index contributed by atoms with van der Waals surface area (Å²) in [6.07, 6.45) is 2.25. The van der Waals surface area contributed by atoms with Gasteiger partial charge < -0.3 is 15.4 Å². The summed E-state index contributed by atoms with van der Waals surface area (Å²) in [7, 11) is 1.62. The minimum atomic E-state index is 0.305. The zero-order chi connectivity index (χ0) is 18.4. The lowest BCUT2D eigenvalue weighted by Gasteiger charge is -2.30. The predicted molar refractivity (Wildman–Crippen MR) is 105 cm³/mol. The first-order chi connectivity index (χ1) is 13.2. The van der Waals surface area contributed by atoms with Crippen LogP contribution in [-0.2, 0) is 13.0 Å². The van der Waals surface area contributed by atoms with E-state index in [9.17, 15) is 0 Å². The molecule has 2 N–H and O–H groups in total. The first-order valence-electron chi connectivity index (χ1n) is 9.05. The summed E-state index contributed by atoms with van der Waals surface area (Å²) in [5.41, 5.74) is 10.2. The van der Waals surface area contributed by atoms with Crippen LogP contribution >= 0.6 is 0 Å². The number of nitrogen functional groups attached to an aromatic ring is 1. The summed E-state index contributed by atoms with van der Waals surface area (Å²) in [4.78, 5) is 11.6. The summed E-state index contributed by atoms with van der Waals surface area (Å²) in [5, 5.41) is 5.50. The number of aryl methyl sites for hydroxylation is 1. The van der Waals surface area contributed by atoms with Crippen molar-refractivity contribution in [3.05, 3.63) is 53.9 Å². The molecule has 7 heteroatoms. The van der Waals surface area contributed by atoms with Crippen molar-refractivity contribution in [2.24, 2.45) is 0 Å². The van der Waals surface area contributed by atoms with Gasteiger partial charge in [-0.3, -0.25) is 0 Å². The van der Waals surface area contributed by atoms with Crippen LogP contribution in [0.3, 0.4) is 0 Å². The van der Waals surface area contributed by atoms with E-state index in [2.05, 4.69) is 39.2 Å². The van der Waals surface area contributed by atoms with Crippen LogP contribution in [0.5, 0.6) is 5.75 Å². The van der Waals surface area contributed by atoms with Gasteiger partial charge in [0, 0.05) is 17.6 Å². The fourth-order valence-electron chi connectivity index (χ4n) is 3.85. The summed E-state index contributed by atoms with van der Waals surface area (Å²) >= 11 is 0. The Morgan fingerprint density at radius 2 is 2.00 bits per heavy atom. The number of para-hydroxylation sites is 2. The number of rotatable bonds is 3. The Balaban J connectivity index is 1.60. The van der Waals surface area contributed by atoms with Gasteiger partial charge >= 0.3 is 0 Å². The van der Waals surface area contributed by atoms with Gasteiger partial charge in [0.25, 0.3) is 0 Å². The minimum absolute atomic E-state index is 0.305. The van der Waals surface area contributed by atoms with Crippen molar-refractivity contribution in [3.63, 3.8) is 0 Å². The SMILES string of the molecule is COc1cccc2c1nc(N)n1nc(CN3CCCc4ccccc43)nc21. The minimum Gasteiger partial charge on any atom is -0.494 e. The predicted octanol–water partition coefficient (Wildman–Crippen LogP) is 2.82. The van der Waals surface area contributed by atoms with Crippen molar-refractivity contribution in [2.45, 2.75) is 19.4 Å². The van der Waals surface area contributed by atoms with Crippen molar-refractivity contribution in [3.8, 4) is 5.75 Å². The van der Waals surface area contributed by atoms with Crippen LogP contribution < -0.4 is 15.4 Å². The molecule has 0 spiro atoms. The molecule has 3 heterocycles. The van der Waals surface area contributed by atoms with Gasteiger partial charge in [0.2, 0.25) is 5.95 Å². The maximum atomic E-state index is 6.15. The lowest BCUT2D eigenvalue weighted by atomic mass is 10.0. The van der Waals surface area contributed by atoms with Gasteiger partial charge in [-0.25, -0.2) is 9.97 Å². The Labute approximate surface area is 156 Å². The van der Waals surface area contributed by atoms with Crippen LogP contribution in [-0.4, -0.2) is 33.2 Å². The van der Waals surface area contributed by atoms with E-state index in [1.807, 2.05) is 18.2 Å². The van der Waals surface area contributed by atoms with Crippen molar-refractivity contribution >= 4 is 28.2 Å². The van der Waals surface area contributed by atoms with Crippen LogP contribution in [0.15, 0.2) is 42.5 Å². The second-order valence-electron chi connectivity index (χ2n) is 6.74. The molecule has 0 saturated heterocycles. The van der Waals surface area contributed by atoms with E-state index in [1.54, 1.807) is 11.6 Å². The molecule has 0 amide bonds. The van der Waals surface area contributed by atoms with E-state index in [-0.39, 0.29) is 0 Å². The molecule has 1 aliphatic heterocycles. The van der Waals surface area contributed by atoms with Gasteiger partial charge in [0.15, 0.2) is 11.5 Å². The number of nitrogens with two attached hydrogens (primary N) is 1. The highest BCUT2D eigenvalue weighted by atomic mass is 16.5. The number of fused-ring (bicyclic) bond motifs is 4. The molecule has 2 aromatic heterocycles. The van der Waals surface area contributed by atoms with Crippen LogP contribution in [0.1, 0.15) is 17.8 Å². The lowest BCUT2D eigenvalue weighted by Crippen LogP contribution is -2.29. The zero-order valence-corrected chi connectivity index (χ0v) is 15.1. The quantitative estimate of drug-likeness (QED) is 0.605. The molecular formula is C20H20N6O. The Bertz CT molecular complexity index is 1150. The summed E-state index contributed by atoms with van der Waals surface area (Å²) in [6, 6.07) is 14.3. The van der Waals surface area contributed by atoms with Crippen LogP contribution in [0.25, 0.3) is 16.6 Å². The van der Waals surface area contributed by atoms with E-state index in [0.717, 1.165) is 30.6 Å². The molecule has 5 rings (SSSR count). The third kappa shape index (κ3) is 2.54. The number of ether oxygens (including phenoxy) is 1. The summed E-state index contributed by atoms with van der Waals surface area (Å²) < 4.78 is 7.03.